The van der Waals surface area contributed by atoms with Crippen molar-refractivity contribution in [3.63, 3.8) is 0 Å². The molecule has 1 unspecified atom stereocenters. The molecule has 5 aromatic rings. The summed E-state index contributed by atoms with van der Waals surface area (Å²) in [4.78, 5) is 12.8. The van der Waals surface area contributed by atoms with Crippen molar-refractivity contribution < 1.29 is 9.53 Å². The largest absolute Gasteiger partial charge is 0.489 e. The zero-order valence-corrected chi connectivity index (χ0v) is 20.4. The zero-order chi connectivity index (χ0) is 24.8. The van der Waals surface area contributed by atoms with Gasteiger partial charge in [0.2, 0.25) is 5.91 Å². The van der Waals surface area contributed by atoms with Gasteiger partial charge in [-0.1, -0.05) is 35.9 Å². The minimum Gasteiger partial charge on any atom is -0.489 e. The maximum Gasteiger partial charge on any atom is 0.226 e. The molecule has 1 atom stereocenters. The van der Waals surface area contributed by atoms with Crippen LogP contribution in [0.5, 0.6) is 5.75 Å². The lowest BCUT2D eigenvalue weighted by Gasteiger charge is -2.24. The summed E-state index contributed by atoms with van der Waals surface area (Å²) < 4.78 is 9.37. The first-order valence-electron chi connectivity index (χ1n) is 11.5. The van der Waals surface area contributed by atoms with E-state index in [-0.39, 0.29) is 11.8 Å². The second kappa shape index (κ2) is 8.76. The Hall–Kier alpha value is -4.24. The number of carbonyl (C=O) groups is 1. The highest BCUT2D eigenvalue weighted by molar-refractivity contribution is 6.30. The smallest absolute Gasteiger partial charge is 0.226 e. The van der Waals surface area contributed by atoms with Crippen LogP contribution in [0.25, 0.3) is 11.5 Å². The summed E-state index contributed by atoms with van der Waals surface area (Å²) in [5.74, 6) is 2.34. The first-order valence-corrected chi connectivity index (χ1v) is 11.9. The van der Waals surface area contributed by atoms with Gasteiger partial charge < -0.3 is 10.1 Å². The number of benzene rings is 2. The van der Waals surface area contributed by atoms with Gasteiger partial charge in [0.25, 0.3) is 0 Å². The Morgan fingerprint density at radius 3 is 2.72 bits per heavy atom. The summed E-state index contributed by atoms with van der Waals surface area (Å²) in [5.41, 5.74) is 4.44. The summed E-state index contributed by atoms with van der Waals surface area (Å²) in [6.45, 7) is 4.20. The van der Waals surface area contributed by atoms with Gasteiger partial charge in [-0.25, -0.2) is 0 Å². The number of hydrogen-bond acceptors (Lipinski definition) is 6. The quantitative estimate of drug-likeness (QED) is 0.378. The molecule has 1 aliphatic heterocycles. The molecule has 0 radical (unpaired) electrons. The molecule has 0 bridgehead atoms. The van der Waals surface area contributed by atoms with Gasteiger partial charge in [0.05, 0.1) is 5.69 Å². The number of rotatable bonds is 5. The van der Waals surface area contributed by atoms with Gasteiger partial charge in [-0.2, -0.15) is 14.3 Å². The summed E-state index contributed by atoms with van der Waals surface area (Å²) in [5, 5.41) is 21.2. The van der Waals surface area contributed by atoms with Crippen molar-refractivity contribution in [1.29, 1.82) is 0 Å². The van der Waals surface area contributed by atoms with Crippen LogP contribution in [0.1, 0.15) is 40.5 Å². The normalized spacial score (nSPS) is 15.1. The standard InChI is InChI=1S/C26H22ClN7O2/c1-15-25-21(18-4-3-5-20(12-18)36-14-17-6-8-19(27)9-7-17)13-24(35)28-26(25)34(31-15)23-11-10-22-30-29-16(2)33(22)32-23/h3-12,21H,13-14H2,1-2H3,(H,28,35). The molecule has 0 fully saturated rings. The monoisotopic (exact) mass is 499 g/mol. The third-order valence-electron chi connectivity index (χ3n) is 6.30. The van der Waals surface area contributed by atoms with E-state index in [0.29, 0.717) is 41.2 Å². The molecule has 0 aliphatic carbocycles. The van der Waals surface area contributed by atoms with E-state index in [2.05, 4.69) is 20.6 Å². The van der Waals surface area contributed by atoms with Gasteiger partial charge in [-0.15, -0.1) is 15.3 Å². The average Bonchev–Trinajstić information content (AvgIpc) is 3.42. The number of nitrogens with zero attached hydrogens (tertiary/aromatic N) is 6. The maximum absolute atomic E-state index is 12.8. The number of aromatic nitrogens is 6. The molecule has 1 aliphatic rings. The van der Waals surface area contributed by atoms with Crippen molar-refractivity contribution in [2.24, 2.45) is 0 Å². The molecule has 1 amide bonds. The summed E-state index contributed by atoms with van der Waals surface area (Å²) in [6, 6.07) is 19.1. The van der Waals surface area contributed by atoms with Crippen molar-refractivity contribution >= 4 is 29.0 Å². The molecule has 9 nitrogen and oxygen atoms in total. The second-order valence-electron chi connectivity index (χ2n) is 8.76. The number of amides is 1. The molecule has 0 saturated heterocycles. The average molecular weight is 500 g/mol. The van der Waals surface area contributed by atoms with E-state index in [4.69, 9.17) is 21.4 Å². The van der Waals surface area contributed by atoms with Crippen LogP contribution >= 0.6 is 11.6 Å². The van der Waals surface area contributed by atoms with Crippen LogP contribution in [0.2, 0.25) is 5.02 Å². The van der Waals surface area contributed by atoms with Crippen LogP contribution in [0, 0.1) is 13.8 Å². The topological polar surface area (TPSA) is 99.2 Å². The lowest BCUT2D eigenvalue weighted by molar-refractivity contribution is -0.116. The zero-order valence-electron chi connectivity index (χ0n) is 19.6. The van der Waals surface area contributed by atoms with Crippen LogP contribution in [0.3, 0.4) is 0 Å². The molecular weight excluding hydrogens is 478 g/mol. The Bertz CT molecular complexity index is 1610. The van der Waals surface area contributed by atoms with Crippen LogP contribution < -0.4 is 10.1 Å². The fraction of sp³-hybridized carbons (Fsp3) is 0.192. The van der Waals surface area contributed by atoms with E-state index >= 15 is 0 Å². The van der Waals surface area contributed by atoms with E-state index in [1.165, 1.54) is 0 Å². The highest BCUT2D eigenvalue weighted by Crippen LogP contribution is 2.40. The molecule has 0 spiro atoms. The minimum atomic E-state index is -0.165. The van der Waals surface area contributed by atoms with Crippen molar-refractivity contribution in [2.75, 3.05) is 5.32 Å². The van der Waals surface area contributed by atoms with Gasteiger partial charge in [0, 0.05) is 22.9 Å². The maximum atomic E-state index is 12.8. The lowest BCUT2D eigenvalue weighted by Crippen LogP contribution is -2.25. The molecule has 10 heteroatoms. The number of nitrogens with one attached hydrogen (secondary N) is 1. The summed E-state index contributed by atoms with van der Waals surface area (Å²) >= 11 is 5.98. The minimum absolute atomic E-state index is 0.0808. The van der Waals surface area contributed by atoms with Gasteiger partial charge in [0.1, 0.15) is 18.2 Å². The number of aryl methyl sites for hydroxylation is 2. The summed E-state index contributed by atoms with van der Waals surface area (Å²) in [6.07, 6.45) is 0.317. The van der Waals surface area contributed by atoms with Crippen LogP contribution in [-0.2, 0) is 11.4 Å². The number of fused-ring (bicyclic) bond motifs is 2. The van der Waals surface area contributed by atoms with Gasteiger partial charge in [-0.3, -0.25) is 4.79 Å². The molecule has 4 heterocycles. The van der Waals surface area contributed by atoms with Crippen molar-refractivity contribution in [2.45, 2.75) is 32.8 Å². The van der Waals surface area contributed by atoms with Crippen LogP contribution in [0.4, 0.5) is 5.82 Å². The van der Waals surface area contributed by atoms with Crippen molar-refractivity contribution in [1.82, 2.24) is 29.6 Å². The molecule has 180 valence electrons. The first-order chi connectivity index (χ1) is 17.5. The molecule has 2 aromatic carbocycles. The Morgan fingerprint density at radius 1 is 1.06 bits per heavy atom. The molecule has 3 aromatic heterocycles. The molecule has 0 saturated carbocycles. The van der Waals surface area contributed by atoms with E-state index in [1.54, 1.807) is 9.20 Å². The first kappa shape index (κ1) is 22.2. The van der Waals surface area contributed by atoms with Crippen molar-refractivity contribution in [3.8, 4) is 11.6 Å². The fourth-order valence-corrected chi connectivity index (χ4v) is 4.69. The Morgan fingerprint density at radius 2 is 1.89 bits per heavy atom. The van der Waals surface area contributed by atoms with Crippen LogP contribution in [0.15, 0.2) is 60.7 Å². The van der Waals surface area contributed by atoms with Crippen molar-refractivity contribution in [3.05, 3.63) is 93.9 Å². The third kappa shape index (κ3) is 3.97. The Labute approximate surface area is 211 Å². The van der Waals surface area contributed by atoms with E-state index in [1.807, 2.05) is 74.5 Å². The van der Waals surface area contributed by atoms with E-state index in [9.17, 15) is 4.79 Å². The molecular formula is C26H22ClN7O2. The lowest BCUT2D eigenvalue weighted by atomic mass is 9.86. The van der Waals surface area contributed by atoms with E-state index in [0.717, 1.165) is 28.1 Å². The predicted molar refractivity (Wildman–Crippen MR) is 135 cm³/mol. The molecule has 1 N–H and O–H groups in total. The number of carbonyl (C=O) groups excluding carboxylic acids is 1. The fourth-order valence-electron chi connectivity index (χ4n) is 4.57. The number of hydrogen-bond donors (Lipinski definition) is 1. The molecule has 36 heavy (non-hydrogen) atoms. The van der Waals surface area contributed by atoms with Crippen LogP contribution in [-0.4, -0.2) is 35.5 Å². The predicted octanol–water partition coefficient (Wildman–Crippen LogP) is 4.63. The summed E-state index contributed by atoms with van der Waals surface area (Å²) in [7, 11) is 0. The third-order valence-corrected chi connectivity index (χ3v) is 6.56. The SMILES string of the molecule is Cc1nn(-c2ccc3nnc(C)n3n2)c2c1C(c1cccc(OCc3ccc(Cl)cc3)c1)CC(=O)N2. The van der Waals surface area contributed by atoms with E-state index < -0.39 is 0 Å². The Balaban J connectivity index is 1.34. The second-order valence-corrected chi connectivity index (χ2v) is 9.20. The van der Waals surface area contributed by atoms with Gasteiger partial charge in [-0.05, 0) is 61.4 Å². The number of anilines is 1. The number of halogens is 1. The van der Waals surface area contributed by atoms with Gasteiger partial charge >= 0.3 is 0 Å². The van der Waals surface area contributed by atoms with Gasteiger partial charge in [0.15, 0.2) is 17.3 Å². The Kier molecular flexibility index (Phi) is 5.41. The highest BCUT2D eigenvalue weighted by atomic mass is 35.5. The number of ether oxygens (including phenoxy) is 1. The highest BCUT2D eigenvalue weighted by Gasteiger charge is 2.33. The molecule has 6 rings (SSSR count).